The molecule has 1 rings (SSSR count). The third kappa shape index (κ3) is 7.61. The maximum absolute atomic E-state index is 12.1. The summed E-state index contributed by atoms with van der Waals surface area (Å²) in [6.07, 6.45) is -0.813. The summed E-state index contributed by atoms with van der Waals surface area (Å²) in [5.41, 5.74) is 0.896. The van der Waals surface area contributed by atoms with E-state index in [1.165, 1.54) is 0 Å². The van der Waals surface area contributed by atoms with Crippen molar-refractivity contribution in [1.82, 2.24) is 4.90 Å². The molecule has 7 nitrogen and oxygen atoms in total. The van der Waals surface area contributed by atoms with Crippen molar-refractivity contribution in [2.24, 2.45) is 0 Å². The predicted molar refractivity (Wildman–Crippen MR) is 83.4 cm³/mol. The van der Waals surface area contributed by atoms with Gasteiger partial charge in [0.25, 0.3) is 5.24 Å². The van der Waals surface area contributed by atoms with Gasteiger partial charge in [-0.25, -0.2) is 0 Å². The Morgan fingerprint density at radius 3 is 2.45 bits per heavy atom. The molecule has 0 radical (unpaired) electrons. The first-order valence-corrected chi connectivity index (χ1v) is 9.26. The molecule has 1 amide bonds. The van der Waals surface area contributed by atoms with Crippen molar-refractivity contribution in [3.63, 3.8) is 0 Å². The zero-order valence-corrected chi connectivity index (χ0v) is 13.8. The molecule has 122 valence electrons. The van der Waals surface area contributed by atoms with Crippen molar-refractivity contribution < 1.29 is 28.7 Å². The van der Waals surface area contributed by atoms with Crippen LogP contribution in [-0.2, 0) is 19.8 Å². The Hall–Kier alpha value is -1.34. The Balaban J connectivity index is 2.66. The van der Waals surface area contributed by atoms with Gasteiger partial charge in [0, 0.05) is 5.75 Å². The second-order valence-electron chi connectivity index (χ2n) is 4.35. The van der Waals surface area contributed by atoms with Crippen LogP contribution in [-0.4, -0.2) is 45.3 Å². The van der Waals surface area contributed by atoms with Crippen molar-refractivity contribution in [2.45, 2.75) is 12.7 Å². The lowest BCUT2D eigenvalue weighted by atomic mass is 10.2. The average molecular weight is 347 g/mol. The minimum atomic E-state index is -4.46. The number of esters is 1. The lowest BCUT2D eigenvalue weighted by Gasteiger charge is -2.21. The summed E-state index contributed by atoms with van der Waals surface area (Å²) in [5.74, 6) is -0.357. The number of hydrogen-bond donors (Lipinski definition) is 2. The SMILES string of the molecule is CCOC(=O)CN(CP(=O)(O)O)C(=O)SCc1ccccc1. The molecular formula is C13H18NO6PS. The summed E-state index contributed by atoms with van der Waals surface area (Å²) in [7, 11) is -4.46. The quantitative estimate of drug-likeness (QED) is 0.574. The molecule has 0 aromatic heterocycles. The highest BCUT2D eigenvalue weighted by molar-refractivity contribution is 8.12. The van der Waals surface area contributed by atoms with Crippen molar-refractivity contribution in [3.8, 4) is 0 Å². The van der Waals surface area contributed by atoms with Gasteiger partial charge < -0.3 is 19.4 Å². The standard InChI is InChI=1S/C13H18NO6PS/c1-2-20-12(15)8-14(10-21(17,18)19)13(16)22-9-11-6-4-3-5-7-11/h3-7H,2,8-10H2,1H3,(H2,17,18,19). The number of hydrogen-bond acceptors (Lipinski definition) is 5. The number of benzene rings is 1. The van der Waals surface area contributed by atoms with Crippen molar-refractivity contribution in [3.05, 3.63) is 35.9 Å². The van der Waals surface area contributed by atoms with Gasteiger partial charge in [-0.2, -0.15) is 0 Å². The van der Waals surface area contributed by atoms with Crippen molar-refractivity contribution >= 4 is 30.6 Å². The van der Waals surface area contributed by atoms with Gasteiger partial charge in [-0.05, 0) is 12.5 Å². The van der Waals surface area contributed by atoms with Crippen LogP contribution in [0.25, 0.3) is 0 Å². The lowest BCUT2D eigenvalue weighted by molar-refractivity contribution is -0.143. The molecular weight excluding hydrogens is 329 g/mol. The molecule has 0 aliphatic rings. The minimum absolute atomic E-state index is 0.133. The van der Waals surface area contributed by atoms with Crippen LogP contribution in [0.15, 0.2) is 30.3 Å². The molecule has 1 aromatic rings. The molecule has 0 aliphatic heterocycles. The van der Waals surface area contributed by atoms with Gasteiger partial charge in [0.1, 0.15) is 12.8 Å². The van der Waals surface area contributed by atoms with E-state index in [0.29, 0.717) is 5.75 Å². The number of carbonyl (C=O) groups is 2. The normalized spacial score (nSPS) is 11.0. The van der Waals surface area contributed by atoms with Crippen LogP contribution < -0.4 is 0 Å². The monoisotopic (exact) mass is 347 g/mol. The van der Waals surface area contributed by atoms with E-state index in [4.69, 9.17) is 14.5 Å². The second kappa shape index (κ2) is 8.95. The third-order valence-corrected chi connectivity index (χ3v) is 4.14. The minimum Gasteiger partial charge on any atom is -0.465 e. The first kappa shape index (κ1) is 18.7. The molecule has 0 fully saturated rings. The fourth-order valence-corrected chi connectivity index (χ4v) is 3.13. The fourth-order valence-electron chi connectivity index (χ4n) is 1.57. The van der Waals surface area contributed by atoms with E-state index in [1.807, 2.05) is 30.3 Å². The zero-order valence-electron chi connectivity index (χ0n) is 12.0. The molecule has 0 saturated carbocycles. The first-order chi connectivity index (χ1) is 10.3. The van der Waals surface area contributed by atoms with E-state index in [0.717, 1.165) is 22.2 Å². The number of carbonyl (C=O) groups excluding carboxylic acids is 2. The van der Waals surface area contributed by atoms with E-state index in [-0.39, 0.29) is 6.61 Å². The molecule has 0 bridgehead atoms. The molecule has 0 saturated heterocycles. The molecule has 0 spiro atoms. The van der Waals surface area contributed by atoms with Gasteiger partial charge in [-0.3, -0.25) is 14.2 Å². The molecule has 9 heteroatoms. The van der Waals surface area contributed by atoms with Gasteiger partial charge in [-0.1, -0.05) is 42.1 Å². The summed E-state index contributed by atoms with van der Waals surface area (Å²) < 4.78 is 15.8. The predicted octanol–water partition coefficient (Wildman–Crippen LogP) is 2.04. The first-order valence-electron chi connectivity index (χ1n) is 6.47. The van der Waals surface area contributed by atoms with Crippen LogP contribution in [0.5, 0.6) is 0 Å². The van der Waals surface area contributed by atoms with E-state index in [1.54, 1.807) is 6.92 Å². The molecule has 0 atom stereocenters. The highest BCUT2D eigenvalue weighted by Crippen LogP contribution is 2.36. The number of ether oxygens (including phenoxy) is 1. The van der Waals surface area contributed by atoms with Crippen LogP contribution in [0.1, 0.15) is 12.5 Å². The number of thioether (sulfide) groups is 1. The largest absolute Gasteiger partial charge is 0.465 e. The smallest absolute Gasteiger partial charge is 0.344 e. The van der Waals surface area contributed by atoms with E-state index >= 15 is 0 Å². The van der Waals surface area contributed by atoms with Crippen molar-refractivity contribution in [1.29, 1.82) is 0 Å². The molecule has 0 aliphatic carbocycles. The van der Waals surface area contributed by atoms with Gasteiger partial charge in [-0.15, -0.1) is 0 Å². The molecule has 2 N–H and O–H groups in total. The Labute approximate surface area is 132 Å². The highest BCUT2D eigenvalue weighted by atomic mass is 32.2. The number of rotatable bonds is 7. The van der Waals surface area contributed by atoms with Crippen LogP contribution in [0.2, 0.25) is 0 Å². The Morgan fingerprint density at radius 1 is 1.27 bits per heavy atom. The highest BCUT2D eigenvalue weighted by Gasteiger charge is 2.26. The molecule has 0 unspecified atom stereocenters. The van der Waals surface area contributed by atoms with E-state index < -0.39 is 31.6 Å². The van der Waals surface area contributed by atoms with Gasteiger partial charge in [0.2, 0.25) is 0 Å². The lowest BCUT2D eigenvalue weighted by Crippen LogP contribution is -2.34. The zero-order chi connectivity index (χ0) is 16.6. The maximum Gasteiger partial charge on any atom is 0.344 e. The molecule has 0 heterocycles. The van der Waals surface area contributed by atoms with Crippen LogP contribution in [0.3, 0.4) is 0 Å². The average Bonchev–Trinajstić information content (AvgIpc) is 2.44. The van der Waals surface area contributed by atoms with Gasteiger partial charge in [0.15, 0.2) is 0 Å². The fraction of sp³-hybridized carbons (Fsp3) is 0.385. The molecule has 22 heavy (non-hydrogen) atoms. The topological polar surface area (TPSA) is 104 Å². The summed E-state index contributed by atoms with van der Waals surface area (Å²) in [4.78, 5) is 42.4. The third-order valence-electron chi connectivity index (χ3n) is 2.44. The Bertz CT molecular complexity index is 547. The van der Waals surface area contributed by atoms with Crippen LogP contribution in [0.4, 0.5) is 4.79 Å². The van der Waals surface area contributed by atoms with E-state index in [9.17, 15) is 14.2 Å². The summed E-state index contributed by atoms with van der Waals surface area (Å²) in [6, 6.07) is 9.16. The summed E-state index contributed by atoms with van der Waals surface area (Å²) >= 11 is 0.874. The number of amides is 1. The summed E-state index contributed by atoms with van der Waals surface area (Å²) in [6.45, 7) is 1.25. The summed E-state index contributed by atoms with van der Waals surface area (Å²) in [5, 5.41) is -0.583. The van der Waals surface area contributed by atoms with Gasteiger partial charge in [0.05, 0.1) is 6.61 Å². The van der Waals surface area contributed by atoms with Crippen molar-refractivity contribution in [2.75, 3.05) is 19.4 Å². The van der Waals surface area contributed by atoms with Crippen LogP contribution >= 0.6 is 19.4 Å². The van der Waals surface area contributed by atoms with E-state index in [2.05, 4.69) is 0 Å². The maximum atomic E-state index is 12.1. The van der Waals surface area contributed by atoms with Gasteiger partial charge >= 0.3 is 13.6 Å². The molecule has 1 aromatic carbocycles. The Kier molecular flexibility index (Phi) is 7.61. The second-order valence-corrected chi connectivity index (χ2v) is 6.89. The van der Waals surface area contributed by atoms with Crippen LogP contribution in [0, 0.1) is 0 Å². The number of nitrogens with zero attached hydrogens (tertiary/aromatic N) is 1. The Morgan fingerprint density at radius 2 is 1.91 bits per heavy atom.